The molecule has 2 aliphatic rings. The Bertz CT molecular complexity index is 1240. The van der Waals surface area contributed by atoms with Crippen LogP contribution in [0.15, 0.2) is 58.3 Å². The Labute approximate surface area is 214 Å². The zero-order valence-electron chi connectivity index (χ0n) is 20.0. The van der Waals surface area contributed by atoms with Gasteiger partial charge in [0.2, 0.25) is 0 Å². The number of halogens is 1. The van der Waals surface area contributed by atoms with Crippen molar-refractivity contribution in [2.45, 2.75) is 41.5 Å². The lowest BCUT2D eigenvalue weighted by Gasteiger charge is -2.28. The molecule has 2 heterocycles. The topological polar surface area (TPSA) is 95.1 Å². The molecule has 8 nitrogen and oxygen atoms in total. The third-order valence-corrected chi connectivity index (χ3v) is 9.62. The van der Waals surface area contributed by atoms with Crippen molar-refractivity contribution in [3.8, 4) is 0 Å². The van der Waals surface area contributed by atoms with Crippen molar-refractivity contribution in [3.63, 3.8) is 0 Å². The number of anilines is 1. The molecule has 192 valence electrons. The first-order valence-electron chi connectivity index (χ1n) is 11.5. The normalized spacial score (nSPS) is 18.9. The first-order chi connectivity index (χ1) is 16.1. The Balaban J connectivity index is 0.00000342. The Hall–Kier alpha value is -2.14. The molecule has 0 bridgehead atoms. The van der Waals surface area contributed by atoms with E-state index in [1.54, 1.807) is 24.3 Å². The fraction of sp³-hybridized carbons (Fsp3) is 0.458. The number of rotatable bonds is 7. The number of sulfone groups is 1. The number of carbonyl (C=O) groups excluding carboxylic acids is 1. The Morgan fingerprint density at radius 1 is 0.886 bits per heavy atom. The Kier molecular flexibility index (Phi) is 8.52. The number of carbonyl (C=O) groups is 1. The van der Waals surface area contributed by atoms with Crippen LogP contribution in [0.4, 0.5) is 5.69 Å². The smallest absolute Gasteiger partial charge is 0.264 e. The van der Waals surface area contributed by atoms with Gasteiger partial charge in [0, 0.05) is 38.0 Å². The first kappa shape index (κ1) is 27.4. The summed E-state index contributed by atoms with van der Waals surface area (Å²) in [4.78, 5) is 17.6. The molecule has 1 amide bonds. The van der Waals surface area contributed by atoms with Crippen molar-refractivity contribution in [1.29, 1.82) is 0 Å². The third-order valence-electron chi connectivity index (χ3n) is 6.69. The molecule has 0 unspecified atom stereocenters. The highest BCUT2D eigenvalue weighted by Gasteiger charge is 2.31. The van der Waals surface area contributed by atoms with Gasteiger partial charge in [0.15, 0.2) is 9.84 Å². The third kappa shape index (κ3) is 5.99. The van der Waals surface area contributed by atoms with Gasteiger partial charge >= 0.3 is 0 Å². The monoisotopic (exact) mass is 541 g/mol. The van der Waals surface area contributed by atoms with Gasteiger partial charge in [-0.2, -0.15) is 0 Å². The summed E-state index contributed by atoms with van der Waals surface area (Å²) >= 11 is 0. The average molecular weight is 542 g/mol. The molecule has 0 aromatic heterocycles. The van der Waals surface area contributed by atoms with Gasteiger partial charge in [-0.3, -0.25) is 9.10 Å². The molecular formula is C24H32ClN3O5S2. The summed E-state index contributed by atoms with van der Waals surface area (Å²) in [5, 5.41) is 0. The van der Waals surface area contributed by atoms with Gasteiger partial charge in [0.05, 0.1) is 15.5 Å². The van der Waals surface area contributed by atoms with E-state index in [0.717, 1.165) is 49.6 Å². The maximum Gasteiger partial charge on any atom is 0.264 e. The molecule has 35 heavy (non-hydrogen) atoms. The summed E-state index contributed by atoms with van der Waals surface area (Å²) in [5.41, 5.74) is 0.958. The second kappa shape index (κ2) is 10.9. The average Bonchev–Trinajstić information content (AvgIpc) is 3.50. The van der Waals surface area contributed by atoms with Crippen LogP contribution in [0, 0.1) is 0 Å². The molecule has 0 radical (unpaired) electrons. The molecular weight excluding hydrogens is 510 g/mol. The van der Waals surface area contributed by atoms with Crippen molar-refractivity contribution >= 4 is 43.9 Å². The summed E-state index contributed by atoms with van der Waals surface area (Å²) in [6.07, 6.45) is 5.53. The van der Waals surface area contributed by atoms with Crippen LogP contribution < -0.4 is 4.31 Å². The van der Waals surface area contributed by atoms with E-state index >= 15 is 0 Å². The molecule has 2 fully saturated rings. The standard InChI is InChI=1S/C24H31N3O5S2.ClH/c1-25(34(31,32)23-13-11-22(12-14-23)33(2,29)30)20-9-7-19(8-10-20)24(28)27-17-5-6-21(27)18-26-15-3-4-16-26;/h7-14,21H,3-6,15-18H2,1-2H3;1H/t21-;/m0./s1. The summed E-state index contributed by atoms with van der Waals surface area (Å²) in [6, 6.07) is 12.0. The number of amides is 1. The van der Waals surface area contributed by atoms with Crippen LogP contribution >= 0.6 is 12.4 Å². The predicted molar refractivity (Wildman–Crippen MR) is 139 cm³/mol. The highest BCUT2D eigenvalue weighted by atomic mass is 35.5. The number of likely N-dealkylation sites (tertiary alicyclic amines) is 2. The van der Waals surface area contributed by atoms with Gasteiger partial charge in [-0.25, -0.2) is 16.8 Å². The van der Waals surface area contributed by atoms with Crippen molar-refractivity contribution in [2.75, 3.05) is 43.8 Å². The van der Waals surface area contributed by atoms with Crippen molar-refractivity contribution < 1.29 is 21.6 Å². The van der Waals surface area contributed by atoms with E-state index in [1.807, 2.05) is 4.90 Å². The van der Waals surface area contributed by atoms with E-state index in [2.05, 4.69) is 4.90 Å². The largest absolute Gasteiger partial charge is 0.334 e. The molecule has 0 saturated carbocycles. The molecule has 2 aromatic rings. The second-order valence-corrected chi connectivity index (χ2v) is 13.1. The number of hydrogen-bond donors (Lipinski definition) is 0. The second-order valence-electron chi connectivity index (χ2n) is 9.07. The molecule has 0 spiro atoms. The molecule has 2 aliphatic heterocycles. The number of benzene rings is 2. The van der Waals surface area contributed by atoms with E-state index in [0.29, 0.717) is 11.3 Å². The lowest BCUT2D eigenvalue weighted by Crippen LogP contribution is -2.42. The van der Waals surface area contributed by atoms with Crippen LogP contribution in [0.1, 0.15) is 36.0 Å². The van der Waals surface area contributed by atoms with Gasteiger partial charge in [-0.05, 0) is 87.3 Å². The molecule has 11 heteroatoms. The molecule has 2 aromatic carbocycles. The zero-order chi connectivity index (χ0) is 24.5. The lowest BCUT2D eigenvalue weighted by molar-refractivity contribution is 0.0709. The zero-order valence-corrected chi connectivity index (χ0v) is 22.4. The minimum atomic E-state index is -3.89. The quantitative estimate of drug-likeness (QED) is 0.534. The molecule has 4 rings (SSSR count). The van der Waals surface area contributed by atoms with Crippen LogP contribution in [0.5, 0.6) is 0 Å². The predicted octanol–water partition coefficient (Wildman–Crippen LogP) is 3.04. The van der Waals surface area contributed by atoms with E-state index in [4.69, 9.17) is 0 Å². The number of nitrogens with zero attached hydrogens (tertiary/aromatic N) is 3. The van der Waals surface area contributed by atoms with Crippen LogP contribution in [-0.4, -0.2) is 78.1 Å². The van der Waals surface area contributed by atoms with Gasteiger partial charge in [-0.15, -0.1) is 12.4 Å². The summed E-state index contributed by atoms with van der Waals surface area (Å²) in [5.74, 6) is -0.0184. The lowest BCUT2D eigenvalue weighted by atomic mass is 10.1. The van der Waals surface area contributed by atoms with Gasteiger partial charge in [-0.1, -0.05) is 0 Å². The number of sulfonamides is 1. The van der Waals surface area contributed by atoms with Gasteiger partial charge in [0.1, 0.15) is 0 Å². The fourth-order valence-electron chi connectivity index (χ4n) is 4.69. The molecule has 1 atom stereocenters. The van der Waals surface area contributed by atoms with Crippen molar-refractivity contribution in [3.05, 3.63) is 54.1 Å². The summed E-state index contributed by atoms with van der Waals surface area (Å²) < 4.78 is 50.5. The summed E-state index contributed by atoms with van der Waals surface area (Å²) in [6.45, 7) is 3.87. The highest BCUT2D eigenvalue weighted by Crippen LogP contribution is 2.26. The molecule has 2 saturated heterocycles. The van der Waals surface area contributed by atoms with Gasteiger partial charge in [0.25, 0.3) is 15.9 Å². The maximum atomic E-state index is 13.2. The van der Waals surface area contributed by atoms with Crippen molar-refractivity contribution in [1.82, 2.24) is 9.80 Å². The fourth-order valence-corrected chi connectivity index (χ4v) is 6.52. The molecule has 0 aliphatic carbocycles. The van der Waals surface area contributed by atoms with E-state index in [-0.39, 0.29) is 34.1 Å². The van der Waals surface area contributed by atoms with Crippen LogP contribution in [0.25, 0.3) is 0 Å². The first-order valence-corrected chi connectivity index (χ1v) is 14.8. The van der Waals surface area contributed by atoms with Crippen molar-refractivity contribution in [2.24, 2.45) is 0 Å². The van der Waals surface area contributed by atoms with Gasteiger partial charge < -0.3 is 9.80 Å². The Morgan fingerprint density at radius 3 is 2.03 bits per heavy atom. The number of hydrogen-bond acceptors (Lipinski definition) is 6. The van der Waals surface area contributed by atoms with E-state index in [1.165, 1.54) is 44.2 Å². The van der Waals surface area contributed by atoms with E-state index < -0.39 is 19.9 Å². The molecule has 0 N–H and O–H groups in total. The van der Waals surface area contributed by atoms with Crippen LogP contribution in [-0.2, 0) is 19.9 Å². The minimum Gasteiger partial charge on any atom is -0.334 e. The highest BCUT2D eigenvalue weighted by molar-refractivity contribution is 7.92. The van der Waals surface area contributed by atoms with Crippen LogP contribution in [0.3, 0.4) is 0 Å². The SMILES string of the molecule is CN(c1ccc(C(=O)N2CCC[C@H]2CN2CCCC2)cc1)S(=O)(=O)c1ccc(S(C)(=O)=O)cc1.Cl. The minimum absolute atomic E-state index is 0. The maximum absolute atomic E-state index is 13.2. The summed E-state index contributed by atoms with van der Waals surface area (Å²) in [7, 11) is -5.87. The van der Waals surface area contributed by atoms with Crippen LogP contribution in [0.2, 0.25) is 0 Å². The van der Waals surface area contributed by atoms with E-state index in [9.17, 15) is 21.6 Å². The Morgan fingerprint density at radius 2 is 1.46 bits per heavy atom.